The predicted octanol–water partition coefficient (Wildman–Crippen LogP) is 2.32. The van der Waals surface area contributed by atoms with Gasteiger partial charge in [-0.3, -0.25) is 19.7 Å². The van der Waals surface area contributed by atoms with E-state index in [-0.39, 0.29) is 5.91 Å². The molecule has 0 aliphatic carbocycles. The number of benzene rings is 1. The summed E-state index contributed by atoms with van der Waals surface area (Å²) in [6.07, 6.45) is 3.45. The molecular formula is C18H21N7OS. The second-order valence-corrected chi connectivity index (χ2v) is 7.53. The summed E-state index contributed by atoms with van der Waals surface area (Å²) in [6, 6.07) is 6.61. The number of anilines is 2. The zero-order chi connectivity index (χ0) is 18.8. The van der Waals surface area contributed by atoms with E-state index in [2.05, 4.69) is 54.3 Å². The molecule has 0 bridgehead atoms. The van der Waals surface area contributed by atoms with Gasteiger partial charge < -0.3 is 10.2 Å². The SMILES string of the molecule is CC(=O)Nc1nnc(N2CCN([C@H](C)c3ccc4nccnc4c3)CC2)s1. The first-order valence-electron chi connectivity index (χ1n) is 8.91. The second kappa shape index (κ2) is 7.53. The minimum absolute atomic E-state index is 0.128. The minimum Gasteiger partial charge on any atom is -0.344 e. The van der Waals surface area contributed by atoms with Gasteiger partial charge in [0, 0.05) is 51.5 Å². The Morgan fingerprint density at radius 1 is 1.11 bits per heavy atom. The van der Waals surface area contributed by atoms with Crippen LogP contribution in [0.2, 0.25) is 0 Å². The zero-order valence-electron chi connectivity index (χ0n) is 15.3. The first-order chi connectivity index (χ1) is 13.1. The van der Waals surface area contributed by atoms with Gasteiger partial charge >= 0.3 is 0 Å². The van der Waals surface area contributed by atoms with E-state index in [4.69, 9.17) is 0 Å². The van der Waals surface area contributed by atoms with Gasteiger partial charge in [-0.15, -0.1) is 10.2 Å². The maximum absolute atomic E-state index is 11.1. The largest absolute Gasteiger partial charge is 0.344 e. The third kappa shape index (κ3) is 3.88. The van der Waals surface area contributed by atoms with E-state index in [0.29, 0.717) is 11.2 Å². The highest BCUT2D eigenvalue weighted by Crippen LogP contribution is 2.28. The van der Waals surface area contributed by atoms with Crippen molar-refractivity contribution in [1.29, 1.82) is 0 Å². The summed E-state index contributed by atoms with van der Waals surface area (Å²) in [5.41, 5.74) is 3.10. The van der Waals surface area contributed by atoms with E-state index in [1.807, 2.05) is 6.07 Å². The average molecular weight is 383 g/mol. The van der Waals surface area contributed by atoms with Gasteiger partial charge in [0.1, 0.15) is 0 Å². The Balaban J connectivity index is 1.40. The first kappa shape index (κ1) is 17.7. The lowest BCUT2D eigenvalue weighted by Gasteiger charge is -2.38. The van der Waals surface area contributed by atoms with E-state index < -0.39 is 0 Å². The van der Waals surface area contributed by atoms with Gasteiger partial charge in [-0.2, -0.15) is 0 Å². The smallest absolute Gasteiger partial charge is 0.223 e. The van der Waals surface area contributed by atoms with Crippen LogP contribution < -0.4 is 10.2 Å². The van der Waals surface area contributed by atoms with Crippen LogP contribution in [-0.2, 0) is 4.79 Å². The third-order valence-electron chi connectivity index (χ3n) is 4.81. The van der Waals surface area contributed by atoms with Crippen molar-refractivity contribution in [1.82, 2.24) is 25.1 Å². The first-order valence-corrected chi connectivity index (χ1v) is 9.72. The number of carbonyl (C=O) groups excluding carboxylic acids is 1. The van der Waals surface area contributed by atoms with Crippen LogP contribution in [-0.4, -0.2) is 57.2 Å². The summed E-state index contributed by atoms with van der Waals surface area (Å²) in [4.78, 5) is 24.6. The Kier molecular flexibility index (Phi) is 4.95. The lowest BCUT2D eigenvalue weighted by atomic mass is 10.1. The average Bonchev–Trinajstić information content (AvgIpc) is 3.15. The molecular weight excluding hydrogens is 362 g/mol. The number of hydrogen-bond donors (Lipinski definition) is 1. The minimum atomic E-state index is -0.128. The van der Waals surface area contributed by atoms with Gasteiger partial charge in [0.15, 0.2) is 0 Å². The number of carbonyl (C=O) groups is 1. The fourth-order valence-electron chi connectivity index (χ4n) is 3.30. The molecule has 27 heavy (non-hydrogen) atoms. The second-order valence-electron chi connectivity index (χ2n) is 6.57. The van der Waals surface area contributed by atoms with Crippen molar-refractivity contribution in [3.63, 3.8) is 0 Å². The lowest BCUT2D eigenvalue weighted by Crippen LogP contribution is -2.47. The summed E-state index contributed by atoms with van der Waals surface area (Å²) in [5, 5.41) is 12.3. The number of hydrogen-bond acceptors (Lipinski definition) is 8. The van der Waals surface area contributed by atoms with E-state index in [1.165, 1.54) is 23.8 Å². The molecule has 0 unspecified atom stereocenters. The molecule has 1 N–H and O–H groups in total. The molecule has 1 aliphatic rings. The molecule has 0 radical (unpaired) electrons. The normalized spacial score (nSPS) is 16.4. The predicted molar refractivity (Wildman–Crippen MR) is 106 cm³/mol. The molecule has 140 valence electrons. The fraction of sp³-hybridized carbons (Fsp3) is 0.389. The monoisotopic (exact) mass is 383 g/mol. The Morgan fingerprint density at radius 3 is 2.59 bits per heavy atom. The number of piperazine rings is 1. The van der Waals surface area contributed by atoms with Gasteiger partial charge in [-0.25, -0.2) is 0 Å². The van der Waals surface area contributed by atoms with Gasteiger partial charge in [-0.1, -0.05) is 17.4 Å². The Bertz CT molecular complexity index is 952. The van der Waals surface area contributed by atoms with Crippen LogP contribution in [0.4, 0.5) is 10.3 Å². The highest BCUT2D eigenvalue weighted by molar-refractivity contribution is 7.19. The van der Waals surface area contributed by atoms with Crippen LogP contribution in [0.1, 0.15) is 25.5 Å². The van der Waals surface area contributed by atoms with Crippen molar-refractivity contribution in [2.24, 2.45) is 0 Å². The summed E-state index contributed by atoms with van der Waals surface area (Å²) < 4.78 is 0. The number of amides is 1. The highest BCUT2D eigenvalue weighted by atomic mass is 32.1. The standard InChI is InChI=1S/C18H21N7OS/c1-12(14-3-4-15-16(11-14)20-6-5-19-15)24-7-9-25(10-8-24)18-23-22-17(27-18)21-13(2)26/h3-6,11-12H,7-10H2,1-2H3,(H,21,22,26)/t12-/m1/s1. The lowest BCUT2D eigenvalue weighted by molar-refractivity contribution is -0.114. The fourth-order valence-corrected chi connectivity index (χ4v) is 4.14. The van der Waals surface area contributed by atoms with Crippen molar-refractivity contribution in [2.45, 2.75) is 19.9 Å². The number of fused-ring (bicyclic) bond motifs is 1. The number of nitrogens with zero attached hydrogens (tertiary/aromatic N) is 6. The summed E-state index contributed by atoms with van der Waals surface area (Å²) in [6.45, 7) is 7.34. The maximum Gasteiger partial charge on any atom is 0.223 e. The van der Waals surface area contributed by atoms with E-state index in [1.54, 1.807) is 12.4 Å². The molecule has 1 aliphatic heterocycles. The van der Waals surface area contributed by atoms with Crippen molar-refractivity contribution in [3.8, 4) is 0 Å². The van der Waals surface area contributed by atoms with Crippen LogP contribution in [0.5, 0.6) is 0 Å². The summed E-state index contributed by atoms with van der Waals surface area (Å²) in [5.74, 6) is -0.128. The zero-order valence-corrected chi connectivity index (χ0v) is 16.1. The topological polar surface area (TPSA) is 87.1 Å². The van der Waals surface area contributed by atoms with Crippen LogP contribution in [0.15, 0.2) is 30.6 Å². The van der Waals surface area contributed by atoms with Crippen LogP contribution in [0, 0.1) is 0 Å². The Hall–Kier alpha value is -2.65. The van der Waals surface area contributed by atoms with Crippen molar-refractivity contribution in [3.05, 3.63) is 36.2 Å². The molecule has 0 saturated carbocycles. The molecule has 8 nitrogen and oxygen atoms in total. The van der Waals surface area contributed by atoms with E-state index >= 15 is 0 Å². The molecule has 1 fully saturated rings. The Labute approximate surface area is 161 Å². The maximum atomic E-state index is 11.1. The van der Waals surface area contributed by atoms with Crippen molar-refractivity contribution in [2.75, 3.05) is 36.4 Å². The quantitative estimate of drug-likeness (QED) is 0.740. The van der Waals surface area contributed by atoms with Crippen molar-refractivity contribution < 1.29 is 4.79 Å². The summed E-state index contributed by atoms with van der Waals surface area (Å²) >= 11 is 1.41. The molecule has 1 atom stereocenters. The van der Waals surface area contributed by atoms with Gasteiger partial charge in [-0.05, 0) is 24.6 Å². The van der Waals surface area contributed by atoms with E-state index in [0.717, 1.165) is 42.3 Å². The van der Waals surface area contributed by atoms with Crippen LogP contribution in [0.3, 0.4) is 0 Å². The van der Waals surface area contributed by atoms with Gasteiger partial charge in [0.2, 0.25) is 16.2 Å². The molecule has 3 heterocycles. The van der Waals surface area contributed by atoms with Crippen molar-refractivity contribution >= 4 is 38.5 Å². The number of nitrogens with one attached hydrogen (secondary N) is 1. The molecule has 1 saturated heterocycles. The molecule has 3 aromatic rings. The molecule has 1 aromatic carbocycles. The molecule has 0 spiro atoms. The van der Waals surface area contributed by atoms with Gasteiger partial charge in [0.05, 0.1) is 11.0 Å². The van der Waals surface area contributed by atoms with Crippen LogP contribution >= 0.6 is 11.3 Å². The molecule has 2 aromatic heterocycles. The summed E-state index contributed by atoms with van der Waals surface area (Å²) in [7, 11) is 0. The third-order valence-corrected chi connectivity index (χ3v) is 5.71. The molecule has 4 rings (SSSR count). The molecule has 1 amide bonds. The molecule has 9 heteroatoms. The Morgan fingerprint density at radius 2 is 1.85 bits per heavy atom. The number of aromatic nitrogens is 4. The van der Waals surface area contributed by atoms with E-state index in [9.17, 15) is 4.79 Å². The van der Waals surface area contributed by atoms with Gasteiger partial charge in [0.25, 0.3) is 0 Å². The highest BCUT2D eigenvalue weighted by Gasteiger charge is 2.24. The van der Waals surface area contributed by atoms with Crippen LogP contribution in [0.25, 0.3) is 11.0 Å². The number of rotatable bonds is 4.